The normalized spacial score (nSPS) is 15.6. The third-order valence-corrected chi connectivity index (χ3v) is 3.14. The van der Waals surface area contributed by atoms with E-state index in [0.29, 0.717) is 12.1 Å². The lowest BCUT2D eigenvalue weighted by Crippen LogP contribution is -2.44. The number of alkyl halides is 3. The van der Waals surface area contributed by atoms with Gasteiger partial charge in [0.15, 0.2) is 0 Å². The Labute approximate surface area is 109 Å². The number of halogens is 4. The molecule has 0 aliphatic carbocycles. The number of nitrogens with zero attached hydrogens (tertiary/aromatic N) is 2. The summed E-state index contributed by atoms with van der Waals surface area (Å²) in [6.45, 7) is 0.0255. The topological polar surface area (TPSA) is 33.2 Å². The van der Waals surface area contributed by atoms with E-state index in [1.807, 2.05) is 6.07 Å². The molecule has 2 heterocycles. The number of hydrogen-bond acceptors (Lipinski definition) is 2. The molecule has 0 N–H and O–H groups in total. The van der Waals surface area contributed by atoms with Gasteiger partial charge in [0.2, 0.25) is 0 Å². The maximum absolute atomic E-state index is 12.3. The minimum atomic E-state index is -4.80. The fourth-order valence-corrected chi connectivity index (χ4v) is 2.25. The molecule has 0 unspecified atom stereocenters. The highest BCUT2D eigenvalue weighted by Gasteiger charge is 2.43. The van der Waals surface area contributed by atoms with Gasteiger partial charge in [-0.05, 0) is 40.6 Å². The molecule has 0 fully saturated rings. The first kappa shape index (κ1) is 12.6. The van der Waals surface area contributed by atoms with E-state index < -0.39 is 12.1 Å². The summed E-state index contributed by atoms with van der Waals surface area (Å²) in [5, 5.41) is 0. The van der Waals surface area contributed by atoms with Crippen LogP contribution in [0.3, 0.4) is 0 Å². The first-order chi connectivity index (χ1) is 7.88. The van der Waals surface area contributed by atoms with E-state index in [4.69, 9.17) is 0 Å². The number of carbonyl (C=O) groups excluding carboxylic acids is 1. The summed E-state index contributed by atoms with van der Waals surface area (Å²) in [4.78, 5) is 15.9. The van der Waals surface area contributed by atoms with E-state index in [0.717, 1.165) is 14.0 Å². The molecular weight excluding hydrogens is 348 g/mol. The van der Waals surface area contributed by atoms with Gasteiger partial charge in [-0.25, -0.2) is 0 Å². The van der Waals surface area contributed by atoms with Gasteiger partial charge in [-0.3, -0.25) is 9.78 Å². The van der Waals surface area contributed by atoms with E-state index in [9.17, 15) is 18.0 Å². The van der Waals surface area contributed by atoms with Crippen molar-refractivity contribution in [1.82, 2.24) is 9.88 Å². The third-order valence-electron chi connectivity index (χ3n) is 2.55. The first-order valence-corrected chi connectivity index (χ1v) is 5.95. The van der Waals surface area contributed by atoms with Crippen molar-refractivity contribution in [2.24, 2.45) is 0 Å². The minimum absolute atomic E-state index is 0.0649. The van der Waals surface area contributed by atoms with E-state index in [2.05, 4.69) is 27.6 Å². The predicted molar refractivity (Wildman–Crippen MR) is 62.1 cm³/mol. The zero-order valence-electron chi connectivity index (χ0n) is 8.59. The van der Waals surface area contributed by atoms with Crippen LogP contribution in [0.15, 0.2) is 12.3 Å². The molecule has 0 atom stereocenters. The van der Waals surface area contributed by atoms with E-state index in [1.165, 1.54) is 0 Å². The van der Waals surface area contributed by atoms with E-state index in [1.54, 1.807) is 6.20 Å². The Balaban J connectivity index is 2.19. The summed E-state index contributed by atoms with van der Waals surface area (Å²) in [5.41, 5.74) is 1.47. The molecule has 92 valence electrons. The number of pyridine rings is 1. The van der Waals surface area contributed by atoms with Crippen LogP contribution in [-0.4, -0.2) is 28.5 Å². The van der Waals surface area contributed by atoms with Crippen LogP contribution >= 0.6 is 22.6 Å². The van der Waals surface area contributed by atoms with Crippen molar-refractivity contribution in [3.8, 4) is 0 Å². The van der Waals surface area contributed by atoms with Crippen LogP contribution in [0.1, 0.15) is 11.3 Å². The number of amides is 1. The van der Waals surface area contributed by atoms with Crippen molar-refractivity contribution in [3.63, 3.8) is 0 Å². The second kappa shape index (κ2) is 4.43. The van der Waals surface area contributed by atoms with Crippen molar-refractivity contribution in [2.75, 3.05) is 6.54 Å². The zero-order valence-corrected chi connectivity index (χ0v) is 10.7. The maximum atomic E-state index is 12.3. The second-order valence-electron chi connectivity index (χ2n) is 3.73. The molecule has 0 saturated heterocycles. The number of hydrogen-bond donors (Lipinski definition) is 0. The van der Waals surface area contributed by atoms with Gasteiger partial charge in [0.1, 0.15) is 0 Å². The summed E-state index contributed by atoms with van der Waals surface area (Å²) in [5.74, 6) is -1.79. The molecule has 2 rings (SSSR count). The Morgan fingerprint density at radius 1 is 1.47 bits per heavy atom. The van der Waals surface area contributed by atoms with Crippen molar-refractivity contribution < 1.29 is 18.0 Å². The third kappa shape index (κ3) is 2.70. The van der Waals surface area contributed by atoms with Crippen molar-refractivity contribution in [1.29, 1.82) is 0 Å². The van der Waals surface area contributed by atoms with Gasteiger partial charge < -0.3 is 4.90 Å². The molecule has 17 heavy (non-hydrogen) atoms. The highest BCUT2D eigenvalue weighted by atomic mass is 127. The lowest BCUT2D eigenvalue weighted by molar-refractivity contribution is -0.186. The van der Waals surface area contributed by atoms with Gasteiger partial charge in [-0.15, -0.1) is 0 Å². The Kier molecular flexibility index (Phi) is 3.28. The number of rotatable bonds is 0. The van der Waals surface area contributed by atoms with E-state index >= 15 is 0 Å². The monoisotopic (exact) mass is 356 g/mol. The van der Waals surface area contributed by atoms with E-state index in [-0.39, 0.29) is 13.1 Å². The zero-order chi connectivity index (χ0) is 12.6. The number of fused-ring (bicyclic) bond motifs is 1. The molecule has 0 spiro atoms. The van der Waals surface area contributed by atoms with Crippen molar-refractivity contribution >= 4 is 28.5 Å². The first-order valence-electron chi connectivity index (χ1n) is 4.87. The van der Waals surface area contributed by atoms with Crippen LogP contribution in [0.2, 0.25) is 0 Å². The minimum Gasteiger partial charge on any atom is -0.329 e. The summed E-state index contributed by atoms with van der Waals surface area (Å²) in [7, 11) is 0. The van der Waals surface area contributed by atoms with Gasteiger partial charge in [-0.1, -0.05) is 0 Å². The molecule has 1 aliphatic heterocycles. The lowest BCUT2D eigenvalue weighted by atomic mass is 10.1. The Morgan fingerprint density at radius 2 is 2.18 bits per heavy atom. The molecule has 7 heteroatoms. The highest BCUT2D eigenvalue weighted by molar-refractivity contribution is 14.1. The molecule has 0 radical (unpaired) electrons. The van der Waals surface area contributed by atoms with Crippen LogP contribution < -0.4 is 0 Å². The maximum Gasteiger partial charge on any atom is 0.471 e. The molecule has 1 aromatic heterocycles. The highest BCUT2D eigenvalue weighted by Crippen LogP contribution is 2.24. The molecular formula is C10H8F3IN2O. The van der Waals surface area contributed by atoms with Crippen LogP contribution in [0.4, 0.5) is 13.2 Å². The molecule has 1 aromatic rings. The van der Waals surface area contributed by atoms with Crippen molar-refractivity contribution in [2.45, 2.75) is 19.1 Å². The fraction of sp³-hybridized carbons (Fsp3) is 0.400. The smallest absolute Gasteiger partial charge is 0.329 e. The van der Waals surface area contributed by atoms with Crippen LogP contribution in [0, 0.1) is 3.57 Å². The van der Waals surface area contributed by atoms with Gasteiger partial charge in [0, 0.05) is 16.3 Å². The van der Waals surface area contributed by atoms with Gasteiger partial charge in [0.25, 0.3) is 0 Å². The molecule has 0 saturated carbocycles. The second-order valence-corrected chi connectivity index (χ2v) is 4.98. The summed E-state index contributed by atoms with van der Waals surface area (Å²) < 4.78 is 37.7. The molecule has 3 nitrogen and oxygen atoms in total. The Hall–Kier alpha value is -0.860. The van der Waals surface area contributed by atoms with Gasteiger partial charge in [-0.2, -0.15) is 13.2 Å². The molecule has 1 amide bonds. The van der Waals surface area contributed by atoms with Crippen molar-refractivity contribution in [3.05, 3.63) is 27.1 Å². The SMILES string of the molecule is O=C(N1CCc2cc(I)cnc2C1)C(F)(F)F. The number of carbonyl (C=O) groups is 1. The lowest BCUT2D eigenvalue weighted by Gasteiger charge is -2.28. The quantitative estimate of drug-likeness (QED) is 0.668. The summed E-state index contributed by atoms with van der Waals surface area (Å²) >= 11 is 2.09. The number of aromatic nitrogens is 1. The Bertz CT molecular complexity index is 461. The van der Waals surface area contributed by atoms with Gasteiger partial charge >= 0.3 is 12.1 Å². The van der Waals surface area contributed by atoms with Crippen LogP contribution in [0.5, 0.6) is 0 Å². The summed E-state index contributed by atoms with van der Waals surface area (Å²) in [6.07, 6.45) is -2.80. The average molecular weight is 356 g/mol. The molecule has 0 bridgehead atoms. The molecule has 1 aliphatic rings. The van der Waals surface area contributed by atoms with Crippen LogP contribution in [0.25, 0.3) is 0 Å². The summed E-state index contributed by atoms with van der Waals surface area (Å²) in [6, 6.07) is 1.89. The standard InChI is InChI=1S/C10H8F3IN2O/c11-10(12,13)9(17)16-2-1-6-3-7(14)4-15-8(6)5-16/h3-4H,1-2,5H2. The average Bonchev–Trinajstić information content (AvgIpc) is 2.26. The largest absolute Gasteiger partial charge is 0.471 e. The fourth-order valence-electron chi connectivity index (χ4n) is 1.74. The predicted octanol–water partition coefficient (Wildman–Crippen LogP) is 2.13. The van der Waals surface area contributed by atoms with Gasteiger partial charge in [0.05, 0.1) is 12.2 Å². The Morgan fingerprint density at radius 3 is 2.82 bits per heavy atom. The van der Waals surface area contributed by atoms with Crippen LogP contribution in [-0.2, 0) is 17.8 Å². The molecule has 0 aromatic carbocycles.